The predicted octanol–water partition coefficient (Wildman–Crippen LogP) is -0.102. The number of ether oxygens (including phenoxy) is 1. The Labute approximate surface area is 103 Å². The van der Waals surface area contributed by atoms with Gasteiger partial charge in [-0.05, 0) is 12.1 Å². The van der Waals surface area contributed by atoms with E-state index in [-0.39, 0.29) is 6.10 Å². The number of carboxylic acid groups (broad SMARTS) is 2. The highest BCUT2D eigenvalue weighted by Crippen LogP contribution is 2.14. The van der Waals surface area contributed by atoms with Crippen molar-refractivity contribution in [2.75, 3.05) is 19.7 Å². The van der Waals surface area contributed by atoms with Gasteiger partial charge in [0.05, 0.1) is 12.3 Å². The van der Waals surface area contributed by atoms with Crippen LogP contribution in [0.15, 0.2) is 24.4 Å². The number of aromatic nitrogens is 1. The SMILES string of the molecule is O=C(O)C(=O)O.c1ccc(C2CNCCO2)nc1. The lowest BCUT2D eigenvalue weighted by Gasteiger charge is -2.22. The molecular weight excluding hydrogens is 240 g/mol. The molecule has 0 saturated carbocycles. The van der Waals surface area contributed by atoms with Crippen LogP contribution in [-0.2, 0) is 14.3 Å². The molecule has 0 amide bonds. The van der Waals surface area contributed by atoms with E-state index >= 15 is 0 Å². The summed E-state index contributed by atoms with van der Waals surface area (Å²) in [7, 11) is 0. The van der Waals surface area contributed by atoms with Crippen LogP contribution in [0.4, 0.5) is 0 Å². The van der Waals surface area contributed by atoms with Gasteiger partial charge in [0, 0.05) is 19.3 Å². The molecule has 1 aromatic rings. The third-order valence-electron chi connectivity index (χ3n) is 2.13. The maximum absolute atomic E-state index is 9.10. The fraction of sp³-hybridized carbons (Fsp3) is 0.364. The number of pyridine rings is 1. The van der Waals surface area contributed by atoms with E-state index in [1.807, 2.05) is 18.2 Å². The predicted molar refractivity (Wildman–Crippen MR) is 61.1 cm³/mol. The topological polar surface area (TPSA) is 109 Å². The number of hydrogen-bond acceptors (Lipinski definition) is 5. The maximum atomic E-state index is 9.10. The number of morpholine rings is 1. The Kier molecular flexibility index (Phi) is 5.75. The van der Waals surface area contributed by atoms with Crippen molar-refractivity contribution in [3.63, 3.8) is 0 Å². The fourth-order valence-electron chi connectivity index (χ4n) is 1.32. The zero-order valence-electron chi connectivity index (χ0n) is 9.57. The van der Waals surface area contributed by atoms with Gasteiger partial charge in [0.15, 0.2) is 0 Å². The highest BCUT2D eigenvalue weighted by molar-refractivity contribution is 6.27. The third-order valence-corrected chi connectivity index (χ3v) is 2.13. The van der Waals surface area contributed by atoms with Crippen molar-refractivity contribution >= 4 is 11.9 Å². The molecule has 18 heavy (non-hydrogen) atoms. The molecule has 98 valence electrons. The Morgan fingerprint density at radius 2 is 2.06 bits per heavy atom. The summed E-state index contributed by atoms with van der Waals surface area (Å²) in [6.45, 7) is 2.60. The zero-order valence-corrected chi connectivity index (χ0v) is 9.57. The number of hydrogen-bond donors (Lipinski definition) is 3. The van der Waals surface area contributed by atoms with Crippen molar-refractivity contribution in [3.8, 4) is 0 Å². The number of aliphatic carboxylic acids is 2. The molecule has 0 radical (unpaired) electrons. The van der Waals surface area contributed by atoms with Crippen LogP contribution in [0.2, 0.25) is 0 Å². The van der Waals surface area contributed by atoms with Crippen LogP contribution in [-0.4, -0.2) is 46.8 Å². The molecule has 2 rings (SSSR count). The van der Waals surface area contributed by atoms with Crippen molar-refractivity contribution in [1.29, 1.82) is 0 Å². The fourth-order valence-corrected chi connectivity index (χ4v) is 1.32. The minimum absolute atomic E-state index is 0.139. The second kappa shape index (κ2) is 7.36. The van der Waals surface area contributed by atoms with Gasteiger partial charge in [0.2, 0.25) is 0 Å². The molecule has 1 saturated heterocycles. The Balaban J connectivity index is 0.000000232. The first-order chi connectivity index (χ1) is 8.61. The Hall–Kier alpha value is -1.99. The molecule has 2 heterocycles. The summed E-state index contributed by atoms with van der Waals surface area (Å²) in [6.07, 6.45) is 1.94. The van der Waals surface area contributed by atoms with Crippen LogP contribution in [0.25, 0.3) is 0 Å². The van der Waals surface area contributed by atoms with Gasteiger partial charge in [-0.3, -0.25) is 4.98 Å². The molecule has 0 aliphatic carbocycles. The van der Waals surface area contributed by atoms with Crippen molar-refractivity contribution in [2.45, 2.75) is 6.10 Å². The summed E-state index contributed by atoms with van der Waals surface area (Å²) in [5, 5.41) is 18.1. The van der Waals surface area contributed by atoms with Crippen molar-refractivity contribution in [3.05, 3.63) is 30.1 Å². The molecule has 1 aromatic heterocycles. The van der Waals surface area contributed by atoms with Crippen LogP contribution >= 0.6 is 0 Å². The highest BCUT2D eigenvalue weighted by atomic mass is 16.5. The van der Waals surface area contributed by atoms with Crippen LogP contribution in [0, 0.1) is 0 Å². The Bertz CT molecular complexity index is 378. The molecule has 1 unspecified atom stereocenters. The number of rotatable bonds is 1. The summed E-state index contributed by atoms with van der Waals surface area (Å²) < 4.78 is 5.54. The lowest BCUT2D eigenvalue weighted by molar-refractivity contribution is -0.159. The molecule has 0 bridgehead atoms. The summed E-state index contributed by atoms with van der Waals surface area (Å²) in [5.41, 5.74) is 1.02. The van der Waals surface area contributed by atoms with E-state index in [0.29, 0.717) is 0 Å². The smallest absolute Gasteiger partial charge is 0.414 e. The molecule has 7 heteroatoms. The van der Waals surface area contributed by atoms with Crippen LogP contribution in [0.5, 0.6) is 0 Å². The van der Waals surface area contributed by atoms with E-state index < -0.39 is 11.9 Å². The van der Waals surface area contributed by atoms with Gasteiger partial charge in [-0.25, -0.2) is 9.59 Å². The second-order valence-electron chi connectivity index (χ2n) is 3.43. The lowest BCUT2D eigenvalue weighted by atomic mass is 10.2. The van der Waals surface area contributed by atoms with Gasteiger partial charge in [0.1, 0.15) is 6.10 Å². The first-order valence-corrected chi connectivity index (χ1v) is 5.30. The largest absolute Gasteiger partial charge is 0.473 e. The van der Waals surface area contributed by atoms with Gasteiger partial charge in [-0.1, -0.05) is 6.07 Å². The van der Waals surface area contributed by atoms with E-state index in [4.69, 9.17) is 24.5 Å². The van der Waals surface area contributed by atoms with E-state index in [2.05, 4.69) is 10.3 Å². The molecule has 0 spiro atoms. The van der Waals surface area contributed by atoms with Crippen LogP contribution in [0.1, 0.15) is 11.8 Å². The van der Waals surface area contributed by atoms with Gasteiger partial charge in [-0.2, -0.15) is 0 Å². The molecule has 1 aliphatic heterocycles. The van der Waals surface area contributed by atoms with Crippen molar-refractivity contribution in [2.24, 2.45) is 0 Å². The van der Waals surface area contributed by atoms with E-state index in [0.717, 1.165) is 25.4 Å². The van der Waals surface area contributed by atoms with E-state index in [9.17, 15) is 0 Å². The first-order valence-electron chi connectivity index (χ1n) is 5.30. The van der Waals surface area contributed by atoms with Gasteiger partial charge < -0.3 is 20.3 Å². The quantitative estimate of drug-likeness (QED) is 0.600. The third kappa shape index (κ3) is 4.89. The van der Waals surface area contributed by atoms with Gasteiger partial charge in [-0.15, -0.1) is 0 Å². The van der Waals surface area contributed by atoms with Crippen LogP contribution in [0.3, 0.4) is 0 Å². The second-order valence-corrected chi connectivity index (χ2v) is 3.43. The van der Waals surface area contributed by atoms with Crippen molar-refractivity contribution in [1.82, 2.24) is 10.3 Å². The first kappa shape index (κ1) is 14.1. The number of carbonyl (C=O) groups is 2. The highest BCUT2D eigenvalue weighted by Gasteiger charge is 2.15. The molecule has 1 fully saturated rings. The number of nitrogens with zero attached hydrogens (tertiary/aromatic N) is 1. The Morgan fingerprint density at radius 3 is 2.50 bits per heavy atom. The molecule has 0 aromatic carbocycles. The molecule has 3 N–H and O–H groups in total. The van der Waals surface area contributed by atoms with E-state index in [1.165, 1.54) is 0 Å². The minimum atomic E-state index is -1.82. The summed E-state index contributed by atoms with van der Waals surface area (Å²) in [6, 6.07) is 5.90. The van der Waals surface area contributed by atoms with Crippen molar-refractivity contribution < 1.29 is 24.5 Å². The summed E-state index contributed by atoms with van der Waals surface area (Å²) in [5.74, 6) is -3.65. The number of nitrogens with one attached hydrogen (secondary N) is 1. The average Bonchev–Trinajstić information content (AvgIpc) is 2.41. The molecule has 7 nitrogen and oxygen atoms in total. The Morgan fingerprint density at radius 1 is 1.33 bits per heavy atom. The lowest BCUT2D eigenvalue weighted by Crippen LogP contribution is -2.33. The molecule has 1 aliphatic rings. The minimum Gasteiger partial charge on any atom is -0.473 e. The molecular formula is C11H14N2O5. The summed E-state index contributed by atoms with van der Waals surface area (Å²) in [4.78, 5) is 22.4. The van der Waals surface area contributed by atoms with Crippen LogP contribution < -0.4 is 5.32 Å². The average molecular weight is 254 g/mol. The standard InChI is InChI=1S/C9H12N2O.C2H2O4/c1-2-4-11-8(3-1)9-7-10-5-6-12-9;3-1(4)2(5)6/h1-4,9-10H,5-7H2;(H,3,4)(H,5,6). The zero-order chi connectivity index (χ0) is 13.4. The summed E-state index contributed by atoms with van der Waals surface area (Å²) >= 11 is 0. The maximum Gasteiger partial charge on any atom is 0.414 e. The van der Waals surface area contributed by atoms with Gasteiger partial charge >= 0.3 is 11.9 Å². The molecule has 1 atom stereocenters. The number of carboxylic acids is 2. The van der Waals surface area contributed by atoms with Gasteiger partial charge in [0.25, 0.3) is 0 Å². The van der Waals surface area contributed by atoms with E-state index in [1.54, 1.807) is 6.20 Å². The normalized spacial score (nSPS) is 18.3. The monoisotopic (exact) mass is 254 g/mol.